The quantitative estimate of drug-likeness (QED) is 0.487. The summed E-state index contributed by atoms with van der Waals surface area (Å²) < 4.78 is 28.9. The first-order chi connectivity index (χ1) is 14.8. The van der Waals surface area contributed by atoms with E-state index < -0.39 is 15.7 Å². The summed E-state index contributed by atoms with van der Waals surface area (Å²) in [6.07, 6.45) is 3.87. The smallest absolute Gasteiger partial charge is 0.263 e. The van der Waals surface area contributed by atoms with Gasteiger partial charge < -0.3 is 4.52 Å². The third-order valence-corrected chi connectivity index (χ3v) is 6.08. The summed E-state index contributed by atoms with van der Waals surface area (Å²) in [5.41, 5.74) is 2.02. The van der Waals surface area contributed by atoms with Gasteiger partial charge in [0.1, 0.15) is 11.3 Å². The summed E-state index contributed by atoms with van der Waals surface area (Å²) in [7, 11) is -3.42. The number of hydrogen-bond acceptors (Lipinski definition) is 9. The summed E-state index contributed by atoms with van der Waals surface area (Å²) in [6.45, 7) is 0. The molecule has 11 heteroatoms. The minimum absolute atomic E-state index is 0.101. The second-order valence-electron chi connectivity index (χ2n) is 6.40. The molecule has 0 unspecified atom stereocenters. The van der Waals surface area contributed by atoms with E-state index in [-0.39, 0.29) is 16.2 Å². The molecule has 0 radical (unpaired) electrons. The van der Waals surface area contributed by atoms with Crippen LogP contribution in [0.2, 0.25) is 0 Å². The highest BCUT2D eigenvalue weighted by Gasteiger charge is 2.20. The molecule has 0 aliphatic heterocycles. The van der Waals surface area contributed by atoms with Crippen LogP contribution < -0.4 is 5.32 Å². The van der Waals surface area contributed by atoms with Crippen molar-refractivity contribution < 1.29 is 17.7 Å². The van der Waals surface area contributed by atoms with Gasteiger partial charge in [-0.25, -0.2) is 13.4 Å². The first kappa shape index (κ1) is 20.4. The van der Waals surface area contributed by atoms with E-state index in [0.29, 0.717) is 27.6 Å². The van der Waals surface area contributed by atoms with Crippen molar-refractivity contribution >= 4 is 32.2 Å². The fourth-order valence-electron chi connectivity index (χ4n) is 2.73. The summed E-state index contributed by atoms with van der Waals surface area (Å²) in [4.78, 5) is 21.4. The molecule has 0 spiro atoms. The van der Waals surface area contributed by atoms with Crippen LogP contribution in [0.4, 0.5) is 5.13 Å². The van der Waals surface area contributed by atoms with Crippen molar-refractivity contribution in [2.24, 2.45) is 0 Å². The molecule has 1 aromatic carbocycles. The maximum Gasteiger partial charge on any atom is 0.263 e. The van der Waals surface area contributed by atoms with Gasteiger partial charge in [-0.05, 0) is 24.3 Å². The molecule has 1 N–H and O–H groups in total. The molecule has 0 atom stereocenters. The van der Waals surface area contributed by atoms with E-state index in [1.807, 2.05) is 6.07 Å². The highest BCUT2D eigenvalue weighted by Crippen LogP contribution is 2.28. The van der Waals surface area contributed by atoms with Crippen molar-refractivity contribution in [2.45, 2.75) is 4.90 Å². The van der Waals surface area contributed by atoms with Gasteiger partial charge in [0.2, 0.25) is 0 Å². The van der Waals surface area contributed by atoms with Crippen molar-refractivity contribution in [2.75, 3.05) is 11.6 Å². The average Bonchev–Trinajstić information content (AvgIpc) is 3.43. The number of aromatic nitrogens is 3. The van der Waals surface area contributed by atoms with E-state index in [1.54, 1.807) is 29.6 Å². The van der Waals surface area contributed by atoms with Gasteiger partial charge in [0.15, 0.2) is 20.7 Å². The van der Waals surface area contributed by atoms with Crippen LogP contribution in [0.5, 0.6) is 0 Å². The van der Waals surface area contributed by atoms with Gasteiger partial charge in [0.05, 0.1) is 28.4 Å². The molecule has 0 saturated heterocycles. The number of nitrogens with one attached hydrogen (secondary N) is 1. The second-order valence-corrected chi connectivity index (χ2v) is 9.28. The van der Waals surface area contributed by atoms with Crippen LogP contribution in [0, 0.1) is 11.3 Å². The molecular formula is C20H13N5O4S2. The zero-order valence-electron chi connectivity index (χ0n) is 15.9. The lowest BCUT2D eigenvalue weighted by Crippen LogP contribution is -2.12. The Morgan fingerprint density at radius 1 is 1.23 bits per heavy atom. The van der Waals surface area contributed by atoms with Gasteiger partial charge in [0.25, 0.3) is 5.91 Å². The highest BCUT2D eigenvalue weighted by molar-refractivity contribution is 7.90. The first-order valence-electron chi connectivity index (χ1n) is 8.74. The predicted octanol–water partition coefficient (Wildman–Crippen LogP) is 3.39. The Balaban J connectivity index is 1.59. The van der Waals surface area contributed by atoms with E-state index in [0.717, 1.165) is 6.26 Å². The molecule has 3 heterocycles. The number of nitrogens with zero attached hydrogens (tertiary/aromatic N) is 4. The third kappa shape index (κ3) is 4.35. The lowest BCUT2D eigenvalue weighted by Gasteiger charge is -2.04. The van der Waals surface area contributed by atoms with Crippen molar-refractivity contribution in [1.29, 1.82) is 5.26 Å². The summed E-state index contributed by atoms with van der Waals surface area (Å²) >= 11 is 1.19. The molecule has 0 saturated carbocycles. The Hall–Kier alpha value is -3.88. The van der Waals surface area contributed by atoms with E-state index in [2.05, 4.69) is 20.4 Å². The summed E-state index contributed by atoms with van der Waals surface area (Å²) in [5, 5.41) is 17.4. The van der Waals surface area contributed by atoms with Crippen molar-refractivity contribution in [3.05, 3.63) is 65.3 Å². The number of carbonyl (C=O) groups excluding carboxylic acids is 1. The SMILES string of the molecule is CS(=O)(=O)c1cccc(-c2oncc2C(=O)Nc2nc(-c3cc(C#N)ccn3)cs2)c1. The molecule has 9 nitrogen and oxygen atoms in total. The standard InChI is InChI=1S/C20H13N5O4S2/c1-31(27,28)14-4-2-3-13(8-14)18-15(10-23-29-18)19(26)25-20-24-17(11-30-20)16-7-12(9-21)5-6-22-16/h2-8,10-11H,1H3,(H,24,25,26). The molecule has 0 aliphatic rings. The molecule has 3 aromatic heterocycles. The van der Waals surface area contributed by atoms with Crippen LogP contribution in [0.15, 0.2) is 63.6 Å². The topological polar surface area (TPSA) is 139 Å². The van der Waals surface area contributed by atoms with Crippen LogP contribution in [0.25, 0.3) is 22.7 Å². The molecule has 0 fully saturated rings. The summed E-state index contributed by atoms with van der Waals surface area (Å²) in [6, 6.07) is 11.3. The minimum Gasteiger partial charge on any atom is -0.355 e. The Labute approximate surface area is 180 Å². The van der Waals surface area contributed by atoms with Crippen LogP contribution in [0.1, 0.15) is 15.9 Å². The molecule has 4 aromatic rings. The number of benzene rings is 1. The predicted molar refractivity (Wildman–Crippen MR) is 113 cm³/mol. The van der Waals surface area contributed by atoms with Crippen LogP contribution in [-0.4, -0.2) is 35.7 Å². The first-order valence-corrected chi connectivity index (χ1v) is 11.5. The number of nitriles is 1. The molecular weight excluding hydrogens is 438 g/mol. The molecule has 4 rings (SSSR count). The monoisotopic (exact) mass is 451 g/mol. The second kappa shape index (κ2) is 8.10. The van der Waals surface area contributed by atoms with Gasteiger partial charge in [-0.3, -0.25) is 15.1 Å². The normalized spacial score (nSPS) is 11.1. The van der Waals surface area contributed by atoms with E-state index in [9.17, 15) is 13.2 Å². The van der Waals surface area contributed by atoms with Gasteiger partial charge in [-0.1, -0.05) is 17.3 Å². The fourth-order valence-corrected chi connectivity index (χ4v) is 4.10. The van der Waals surface area contributed by atoms with Gasteiger partial charge in [-0.15, -0.1) is 11.3 Å². The lowest BCUT2D eigenvalue weighted by molar-refractivity contribution is 0.102. The van der Waals surface area contributed by atoms with Crippen LogP contribution in [0.3, 0.4) is 0 Å². The number of carbonyl (C=O) groups is 1. The Bertz CT molecular complexity index is 1430. The molecule has 0 aliphatic carbocycles. The number of rotatable bonds is 5. The number of thiazole rings is 1. The number of pyridine rings is 1. The Morgan fingerprint density at radius 2 is 2.06 bits per heavy atom. The Morgan fingerprint density at radius 3 is 2.84 bits per heavy atom. The number of amides is 1. The van der Waals surface area contributed by atoms with E-state index in [1.165, 1.54) is 35.9 Å². The zero-order valence-corrected chi connectivity index (χ0v) is 17.6. The fraction of sp³-hybridized carbons (Fsp3) is 0.0500. The number of sulfone groups is 1. The molecule has 31 heavy (non-hydrogen) atoms. The number of anilines is 1. The minimum atomic E-state index is -3.42. The molecule has 0 bridgehead atoms. The van der Waals surface area contributed by atoms with Crippen molar-refractivity contribution in [3.8, 4) is 28.8 Å². The third-order valence-electron chi connectivity index (χ3n) is 4.22. The maximum absolute atomic E-state index is 12.8. The van der Waals surface area contributed by atoms with E-state index in [4.69, 9.17) is 9.78 Å². The van der Waals surface area contributed by atoms with Crippen molar-refractivity contribution in [3.63, 3.8) is 0 Å². The van der Waals surface area contributed by atoms with E-state index >= 15 is 0 Å². The summed E-state index contributed by atoms with van der Waals surface area (Å²) in [5.74, 6) is -0.371. The van der Waals surface area contributed by atoms with Crippen molar-refractivity contribution in [1.82, 2.24) is 15.1 Å². The van der Waals surface area contributed by atoms with Gasteiger partial charge in [-0.2, -0.15) is 5.26 Å². The van der Waals surface area contributed by atoms with Crippen LogP contribution in [-0.2, 0) is 9.84 Å². The van der Waals surface area contributed by atoms with Gasteiger partial charge in [0, 0.05) is 23.4 Å². The maximum atomic E-state index is 12.8. The highest BCUT2D eigenvalue weighted by atomic mass is 32.2. The largest absolute Gasteiger partial charge is 0.355 e. The lowest BCUT2D eigenvalue weighted by atomic mass is 10.1. The zero-order chi connectivity index (χ0) is 22.0. The molecule has 154 valence electrons. The number of hydrogen-bond donors (Lipinski definition) is 1. The molecule has 1 amide bonds. The van der Waals surface area contributed by atoms with Crippen LogP contribution >= 0.6 is 11.3 Å². The van der Waals surface area contributed by atoms with Gasteiger partial charge >= 0.3 is 0 Å². The average molecular weight is 451 g/mol. The Kier molecular flexibility index (Phi) is 5.33.